The van der Waals surface area contributed by atoms with E-state index in [0.717, 1.165) is 12.8 Å². The number of nitro benzene ring substituents is 1. The van der Waals surface area contributed by atoms with Crippen molar-refractivity contribution in [2.75, 3.05) is 12.4 Å². The number of amides is 1. The Morgan fingerprint density at radius 1 is 1.19 bits per heavy atom. The minimum atomic E-state index is -0.547. The topological polar surface area (TPSA) is 107 Å². The number of carbonyl (C=O) groups excluding carboxylic acids is 1. The van der Waals surface area contributed by atoms with Gasteiger partial charge in [-0.25, -0.2) is 4.39 Å². The van der Waals surface area contributed by atoms with Crippen LogP contribution >= 0.6 is 0 Å². The molecule has 3 aromatic rings. The smallest absolute Gasteiger partial charge is 0.276 e. The summed E-state index contributed by atoms with van der Waals surface area (Å²) in [7, 11) is 3.15. The van der Waals surface area contributed by atoms with E-state index in [4.69, 9.17) is 4.74 Å². The Labute approximate surface area is 207 Å². The molecule has 2 aromatic carbocycles. The van der Waals surface area contributed by atoms with Crippen molar-refractivity contribution in [3.63, 3.8) is 0 Å². The van der Waals surface area contributed by atoms with Gasteiger partial charge in [0.15, 0.2) is 5.75 Å². The number of rotatable bonds is 7. The van der Waals surface area contributed by atoms with Crippen molar-refractivity contribution in [2.45, 2.75) is 39.7 Å². The first-order valence-electron chi connectivity index (χ1n) is 11.5. The van der Waals surface area contributed by atoms with Crippen LogP contribution in [-0.2, 0) is 7.05 Å². The van der Waals surface area contributed by atoms with Gasteiger partial charge in [0.05, 0.1) is 21.7 Å². The molecule has 1 aliphatic rings. The highest BCUT2D eigenvalue weighted by molar-refractivity contribution is 6.03. The summed E-state index contributed by atoms with van der Waals surface area (Å²) in [6, 6.07) is 8.97. The molecule has 1 fully saturated rings. The number of hydrogen-bond donors (Lipinski definition) is 1. The number of benzene rings is 2. The van der Waals surface area contributed by atoms with Gasteiger partial charge in [0.25, 0.3) is 17.2 Å². The van der Waals surface area contributed by atoms with Crippen molar-refractivity contribution in [1.82, 2.24) is 9.47 Å². The Hall–Kier alpha value is -4.21. The second-order valence-electron chi connectivity index (χ2n) is 9.06. The van der Waals surface area contributed by atoms with Crippen molar-refractivity contribution in [3.05, 3.63) is 84.9 Å². The number of aromatic nitrogens is 1. The summed E-state index contributed by atoms with van der Waals surface area (Å²) in [5.74, 6) is -0.799. The van der Waals surface area contributed by atoms with Crippen LogP contribution in [0.4, 0.5) is 21.6 Å². The van der Waals surface area contributed by atoms with Crippen LogP contribution in [0.15, 0.2) is 41.2 Å². The molecule has 0 saturated heterocycles. The van der Waals surface area contributed by atoms with Gasteiger partial charge in [-0.15, -0.1) is 0 Å². The van der Waals surface area contributed by atoms with Gasteiger partial charge in [-0.1, -0.05) is 12.1 Å². The quantitative estimate of drug-likeness (QED) is 0.361. The lowest BCUT2D eigenvalue weighted by Crippen LogP contribution is -2.33. The first kappa shape index (κ1) is 24.9. The fraction of sp³-hybridized carbons (Fsp3) is 0.308. The van der Waals surface area contributed by atoms with E-state index in [1.165, 1.54) is 55.8 Å². The molecule has 0 aliphatic heterocycles. The van der Waals surface area contributed by atoms with E-state index in [9.17, 15) is 24.1 Å². The van der Waals surface area contributed by atoms with Crippen molar-refractivity contribution >= 4 is 23.1 Å². The van der Waals surface area contributed by atoms with Crippen LogP contribution in [0.5, 0.6) is 11.5 Å². The third-order valence-electron chi connectivity index (χ3n) is 6.44. The molecule has 1 aliphatic carbocycles. The zero-order chi connectivity index (χ0) is 26.3. The molecule has 1 aromatic heterocycles. The normalized spacial score (nSPS) is 12.8. The molecule has 1 heterocycles. The number of halogens is 1. The van der Waals surface area contributed by atoms with Crippen LogP contribution in [0.3, 0.4) is 0 Å². The third-order valence-corrected chi connectivity index (χ3v) is 6.44. The second kappa shape index (κ2) is 9.44. The van der Waals surface area contributed by atoms with Gasteiger partial charge >= 0.3 is 0 Å². The number of nitro groups is 1. The van der Waals surface area contributed by atoms with Crippen molar-refractivity contribution in [3.8, 4) is 11.5 Å². The number of ether oxygens (including phenoxy) is 1. The van der Waals surface area contributed by atoms with E-state index in [0.29, 0.717) is 5.56 Å². The maximum absolute atomic E-state index is 14.8. The minimum absolute atomic E-state index is 0.0331. The summed E-state index contributed by atoms with van der Waals surface area (Å²) < 4.78 is 22.1. The van der Waals surface area contributed by atoms with Crippen LogP contribution in [0.2, 0.25) is 0 Å². The Bertz CT molecular complexity index is 1450. The number of nitrogens with one attached hydrogen (secondary N) is 1. The minimum Gasteiger partial charge on any atom is -0.455 e. The largest absolute Gasteiger partial charge is 0.455 e. The van der Waals surface area contributed by atoms with E-state index >= 15 is 0 Å². The summed E-state index contributed by atoms with van der Waals surface area (Å²) in [4.78, 5) is 39.4. The zero-order valence-electron chi connectivity index (χ0n) is 20.7. The van der Waals surface area contributed by atoms with Gasteiger partial charge in [0, 0.05) is 26.2 Å². The zero-order valence-corrected chi connectivity index (χ0v) is 20.7. The predicted octanol–water partition coefficient (Wildman–Crippen LogP) is 5.13. The van der Waals surface area contributed by atoms with E-state index < -0.39 is 22.2 Å². The first-order chi connectivity index (χ1) is 17.0. The van der Waals surface area contributed by atoms with Crippen LogP contribution in [0.25, 0.3) is 0 Å². The number of hydrogen-bond acceptors (Lipinski definition) is 6. The average molecular weight is 495 g/mol. The average Bonchev–Trinajstić information content (AvgIpc) is 3.68. The molecular formula is C26H27FN4O5. The number of pyridine rings is 1. The molecule has 0 radical (unpaired) electrons. The highest BCUT2D eigenvalue weighted by Crippen LogP contribution is 2.39. The molecule has 36 heavy (non-hydrogen) atoms. The number of nitrogens with zero attached hydrogens (tertiary/aromatic N) is 3. The van der Waals surface area contributed by atoms with Crippen molar-refractivity contribution in [2.24, 2.45) is 7.05 Å². The monoisotopic (exact) mass is 494 g/mol. The Balaban J connectivity index is 1.94. The Kier molecular flexibility index (Phi) is 6.53. The van der Waals surface area contributed by atoms with Gasteiger partial charge in [-0.05, 0) is 57.4 Å². The standard InChI is InChI=1S/C26H27FN4O5/c1-14-9-12-19(18(27)13-14)28-24-22(26(33)29(4)17-10-11-17)23(16(3)25(32)30(24)5)36-21-8-6-7-20(15(21)2)31(34)35/h6-9,12-13,17,28H,10-11H2,1-5H3. The summed E-state index contributed by atoms with van der Waals surface area (Å²) in [5.41, 5.74) is 0.605. The van der Waals surface area contributed by atoms with Gasteiger partial charge in [0.1, 0.15) is 22.9 Å². The van der Waals surface area contributed by atoms with Crippen molar-refractivity contribution in [1.29, 1.82) is 0 Å². The molecule has 1 N–H and O–H groups in total. The van der Waals surface area contributed by atoms with Crippen molar-refractivity contribution < 1.29 is 18.8 Å². The van der Waals surface area contributed by atoms with Gasteiger partial charge < -0.3 is 15.0 Å². The summed E-state index contributed by atoms with van der Waals surface area (Å²) in [5, 5.41) is 14.4. The summed E-state index contributed by atoms with van der Waals surface area (Å²) >= 11 is 0. The summed E-state index contributed by atoms with van der Waals surface area (Å²) in [6.07, 6.45) is 1.70. The van der Waals surface area contributed by atoms with E-state index in [2.05, 4.69) is 5.32 Å². The second-order valence-corrected chi connectivity index (χ2v) is 9.06. The lowest BCUT2D eigenvalue weighted by atomic mass is 10.1. The van der Waals surface area contributed by atoms with Gasteiger partial charge in [-0.2, -0.15) is 0 Å². The molecular weight excluding hydrogens is 467 g/mol. The number of anilines is 2. The Morgan fingerprint density at radius 3 is 2.50 bits per heavy atom. The molecule has 4 rings (SSSR count). The molecule has 1 saturated carbocycles. The molecule has 0 bridgehead atoms. The molecule has 0 atom stereocenters. The maximum atomic E-state index is 14.8. The van der Waals surface area contributed by atoms with Gasteiger partial charge in [-0.3, -0.25) is 24.3 Å². The third kappa shape index (κ3) is 4.53. The molecule has 0 spiro atoms. The predicted molar refractivity (Wildman–Crippen MR) is 134 cm³/mol. The number of carbonyl (C=O) groups is 1. The van der Waals surface area contributed by atoms with Crippen LogP contribution < -0.4 is 15.6 Å². The van der Waals surface area contributed by atoms with E-state index in [1.807, 2.05) is 0 Å². The van der Waals surface area contributed by atoms with E-state index in [1.54, 1.807) is 24.9 Å². The summed E-state index contributed by atoms with van der Waals surface area (Å²) in [6.45, 7) is 4.80. The molecule has 1 amide bonds. The highest BCUT2D eigenvalue weighted by Gasteiger charge is 2.35. The van der Waals surface area contributed by atoms with Crippen LogP contribution in [0, 0.1) is 36.7 Å². The maximum Gasteiger partial charge on any atom is 0.276 e. The lowest BCUT2D eigenvalue weighted by molar-refractivity contribution is -0.385. The SMILES string of the molecule is Cc1ccc(Nc2c(C(=O)N(C)C3CC3)c(Oc3cccc([N+](=O)[O-])c3C)c(C)c(=O)n2C)c(F)c1. The molecule has 9 nitrogen and oxygen atoms in total. The fourth-order valence-corrected chi connectivity index (χ4v) is 4.06. The highest BCUT2D eigenvalue weighted by atomic mass is 19.1. The Morgan fingerprint density at radius 2 is 1.89 bits per heavy atom. The lowest BCUT2D eigenvalue weighted by Gasteiger charge is -2.24. The van der Waals surface area contributed by atoms with Crippen LogP contribution in [-0.4, -0.2) is 33.4 Å². The number of aryl methyl sites for hydroxylation is 1. The van der Waals surface area contributed by atoms with Crippen LogP contribution in [0.1, 0.15) is 39.9 Å². The molecule has 188 valence electrons. The molecule has 0 unspecified atom stereocenters. The first-order valence-corrected chi connectivity index (χ1v) is 11.5. The molecule has 10 heteroatoms. The van der Waals surface area contributed by atoms with Gasteiger partial charge in [0.2, 0.25) is 0 Å². The fourth-order valence-electron chi connectivity index (χ4n) is 4.06. The van der Waals surface area contributed by atoms with E-state index in [-0.39, 0.29) is 51.4 Å².